The van der Waals surface area contributed by atoms with Gasteiger partial charge in [-0.1, -0.05) is 12.2 Å². The quantitative estimate of drug-likeness (QED) is 0.706. The molecule has 4 nitrogen and oxygen atoms in total. The summed E-state index contributed by atoms with van der Waals surface area (Å²) in [5.74, 6) is 0. The molecule has 0 rings (SSSR count). The number of nitrogens with one attached hydrogen (secondary N) is 1. The Morgan fingerprint density at radius 2 is 2.00 bits per heavy atom. The van der Waals surface area contributed by atoms with Crippen LogP contribution in [0.25, 0.3) is 0 Å². The first-order valence-corrected chi connectivity index (χ1v) is 5.06. The summed E-state index contributed by atoms with van der Waals surface area (Å²) in [5, 5.41) is 12.1. The van der Waals surface area contributed by atoms with E-state index in [4.69, 9.17) is 4.74 Å². The fraction of sp³-hybridized carbons (Fsp3) is 0.727. The van der Waals surface area contributed by atoms with Gasteiger partial charge in [0.15, 0.2) is 0 Å². The zero-order chi connectivity index (χ0) is 12.1. The summed E-state index contributed by atoms with van der Waals surface area (Å²) in [7, 11) is 0. The summed E-state index contributed by atoms with van der Waals surface area (Å²) in [5.41, 5.74) is -0.519. The van der Waals surface area contributed by atoms with Gasteiger partial charge in [0.1, 0.15) is 5.60 Å². The summed E-state index contributed by atoms with van der Waals surface area (Å²) >= 11 is 0. The standard InChI is InChI=1S/C11H21NO3/c1-6-7-9(13)8(2)12-10(14)15-11(3,4)5/h6-9,13H,1-5H3,(H,12,14)/b7-6+/t8-,9-/m0/s1. The number of aliphatic hydroxyl groups is 1. The van der Waals surface area contributed by atoms with Gasteiger partial charge in [0, 0.05) is 0 Å². The maximum Gasteiger partial charge on any atom is 0.407 e. The minimum atomic E-state index is -0.692. The topological polar surface area (TPSA) is 58.6 Å². The van der Waals surface area contributed by atoms with Crippen LogP contribution in [0.4, 0.5) is 4.79 Å². The molecule has 0 aromatic rings. The van der Waals surface area contributed by atoms with Crippen molar-refractivity contribution >= 4 is 6.09 Å². The Hall–Kier alpha value is -1.03. The van der Waals surface area contributed by atoms with Gasteiger partial charge in [-0.3, -0.25) is 0 Å². The molecule has 15 heavy (non-hydrogen) atoms. The van der Waals surface area contributed by atoms with Gasteiger partial charge in [-0.25, -0.2) is 4.79 Å². The molecule has 0 unspecified atom stereocenters. The summed E-state index contributed by atoms with van der Waals surface area (Å²) in [6.45, 7) is 8.90. The summed E-state index contributed by atoms with van der Waals surface area (Å²) in [6.07, 6.45) is 2.14. The molecule has 0 saturated heterocycles. The second-order valence-electron chi connectivity index (χ2n) is 4.45. The summed E-state index contributed by atoms with van der Waals surface area (Å²) < 4.78 is 5.05. The van der Waals surface area contributed by atoms with Crippen LogP contribution >= 0.6 is 0 Å². The molecule has 88 valence electrons. The number of aliphatic hydroxyl groups excluding tert-OH is 1. The van der Waals surface area contributed by atoms with Gasteiger partial charge >= 0.3 is 6.09 Å². The van der Waals surface area contributed by atoms with Crippen molar-refractivity contribution in [3.8, 4) is 0 Å². The third-order valence-electron chi connectivity index (χ3n) is 1.65. The fourth-order valence-electron chi connectivity index (χ4n) is 0.943. The van der Waals surface area contributed by atoms with Crippen molar-refractivity contribution in [2.45, 2.75) is 52.4 Å². The van der Waals surface area contributed by atoms with Crippen LogP contribution in [0.1, 0.15) is 34.6 Å². The highest BCUT2D eigenvalue weighted by molar-refractivity contribution is 5.68. The van der Waals surface area contributed by atoms with Crippen LogP contribution in [-0.4, -0.2) is 28.9 Å². The van der Waals surface area contributed by atoms with Gasteiger partial charge in [-0.15, -0.1) is 0 Å². The molecule has 2 atom stereocenters. The lowest BCUT2D eigenvalue weighted by Crippen LogP contribution is -2.42. The van der Waals surface area contributed by atoms with Crippen molar-refractivity contribution in [2.24, 2.45) is 0 Å². The Kier molecular flexibility index (Phi) is 5.36. The first kappa shape index (κ1) is 14.0. The van der Waals surface area contributed by atoms with Gasteiger partial charge in [0.2, 0.25) is 0 Å². The first-order valence-electron chi connectivity index (χ1n) is 5.06. The number of ether oxygens (including phenoxy) is 1. The van der Waals surface area contributed by atoms with Crippen molar-refractivity contribution in [1.29, 1.82) is 0 Å². The molecule has 0 heterocycles. The fourth-order valence-corrected chi connectivity index (χ4v) is 0.943. The van der Waals surface area contributed by atoms with Crippen LogP contribution < -0.4 is 5.32 Å². The lowest BCUT2D eigenvalue weighted by molar-refractivity contribution is 0.0465. The molecular formula is C11H21NO3. The van der Waals surface area contributed by atoms with Crippen molar-refractivity contribution in [3.05, 3.63) is 12.2 Å². The second-order valence-corrected chi connectivity index (χ2v) is 4.45. The van der Waals surface area contributed by atoms with Crippen LogP contribution in [0.2, 0.25) is 0 Å². The minimum absolute atomic E-state index is 0.365. The molecule has 0 aliphatic carbocycles. The van der Waals surface area contributed by atoms with Crippen LogP contribution in [-0.2, 0) is 4.74 Å². The molecule has 1 amide bonds. The molecule has 0 saturated carbocycles. The van der Waals surface area contributed by atoms with Crippen molar-refractivity contribution in [2.75, 3.05) is 0 Å². The highest BCUT2D eigenvalue weighted by atomic mass is 16.6. The Morgan fingerprint density at radius 1 is 1.47 bits per heavy atom. The first-order chi connectivity index (χ1) is 6.76. The minimum Gasteiger partial charge on any atom is -0.444 e. The predicted molar refractivity (Wildman–Crippen MR) is 59.7 cm³/mol. The third-order valence-corrected chi connectivity index (χ3v) is 1.65. The van der Waals surface area contributed by atoms with Gasteiger partial charge in [0.25, 0.3) is 0 Å². The Labute approximate surface area is 91.3 Å². The van der Waals surface area contributed by atoms with E-state index in [-0.39, 0.29) is 6.04 Å². The van der Waals surface area contributed by atoms with Gasteiger partial charge in [0.05, 0.1) is 12.1 Å². The number of carbonyl (C=O) groups is 1. The lowest BCUT2D eigenvalue weighted by atomic mass is 10.2. The average molecular weight is 215 g/mol. The van der Waals surface area contributed by atoms with Gasteiger partial charge < -0.3 is 15.2 Å². The number of hydrogen-bond donors (Lipinski definition) is 2. The molecule has 0 fully saturated rings. The zero-order valence-electron chi connectivity index (χ0n) is 10.1. The van der Waals surface area contributed by atoms with E-state index in [0.717, 1.165) is 0 Å². The summed E-state index contributed by atoms with van der Waals surface area (Å²) in [6, 6.07) is -0.365. The second kappa shape index (κ2) is 5.75. The normalized spacial score (nSPS) is 16.1. The van der Waals surface area contributed by atoms with E-state index in [1.807, 2.05) is 6.92 Å². The van der Waals surface area contributed by atoms with E-state index in [1.165, 1.54) is 0 Å². The van der Waals surface area contributed by atoms with Crippen molar-refractivity contribution in [3.63, 3.8) is 0 Å². The van der Waals surface area contributed by atoms with Crippen LogP contribution in [0.3, 0.4) is 0 Å². The number of alkyl carbamates (subject to hydrolysis) is 1. The van der Waals surface area contributed by atoms with Crippen LogP contribution in [0, 0.1) is 0 Å². The number of allylic oxidation sites excluding steroid dienone is 1. The van der Waals surface area contributed by atoms with Crippen molar-refractivity contribution in [1.82, 2.24) is 5.32 Å². The maximum atomic E-state index is 11.3. The van der Waals surface area contributed by atoms with Gasteiger partial charge in [-0.05, 0) is 34.6 Å². The summed E-state index contributed by atoms with van der Waals surface area (Å²) in [4.78, 5) is 11.3. The molecule has 0 bridgehead atoms. The molecule has 0 aliphatic rings. The highest BCUT2D eigenvalue weighted by Gasteiger charge is 2.19. The number of carbonyl (C=O) groups excluding carboxylic acids is 1. The number of amides is 1. The van der Waals surface area contributed by atoms with E-state index >= 15 is 0 Å². The van der Waals surface area contributed by atoms with E-state index in [1.54, 1.807) is 39.8 Å². The van der Waals surface area contributed by atoms with E-state index in [0.29, 0.717) is 0 Å². The van der Waals surface area contributed by atoms with Crippen molar-refractivity contribution < 1.29 is 14.6 Å². The molecule has 0 spiro atoms. The average Bonchev–Trinajstić information content (AvgIpc) is 2.00. The van der Waals surface area contributed by atoms with E-state index in [2.05, 4.69) is 5.32 Å². The molecule has 0 radical (unpaired) electrons. The number of hydrogen-bond acceptors (Lipinski definition) is 3. The highest BCUT2D eigenvalue weighted by Crippen LogP contribution is 2.07. The maximum absolute atomic E-state index is 11.3. The predicted octanol–water partition coefficient (Wildman–Crippen LogP) is 1.84. The molecule has 4 heteroatoms. The lowest BCUT2D eigenvalue weighted by Gasteiger charge is -2.23. The van der Waals surface area contributed by atoms with E-state index in [9.17, 15) is 9.90 Å². The molecular weight excluding hydrogens is 194 g/mol. The van der Waals surface area contributed by atoms with E-state index < -0.39 is 17.8 Å². The SMILES string of the molecule is C/C=C/[C@H](O)[C@H](C)NC(=O)OC(C)(C)C. The largest absolute Gasteiger partial charge is 0.444 e. The van der Waals surface area contributed by atoms with Gasteiger partial charge in [-0.2, -0.15) is 0 Å². The molecule has 0 aliphatic heterocycles. The third kappa shape index (κ3) is 6.96. The number of rotatable bonds is 3. The smallest absolute Gasteiger partial charge is 0.407 e. The molecule has 0 aromatic heterocycles. The molecule has 2 N–H and O–H groups in total. The Bertz CT molecular complexity index is 230. The molecule has 0 aromatic carbocycles. The zero-order valence-corrected chi connectivity index (χ0v) is 10.1. The van der Waals surface area contributed by atoms with Crippen LogP contribution in [0.5, 0.6) is 0 Å². The van der Waals surface area contributed by atoms with Crippen LogP contribution in [0.15, 0.2) is 12.2 Å². The Balaban J connectivity index is 4.07. The Morgan fingerprint density at radius 3 is 2.40 bits per heavy atom. The monoisotopic (exact) mass is 215 g/mol.